The quantitative estimate of drug-likeness (QED) is 0.813. The molecule has 1 aliphatic rings. The second-order valence-corrected chi connectivity index (χ2v) is 4.88. The van der Waals surface area contributed by atoms with E-state index in [1.807, 2.05) is 24.3 Å². The van der Waals surface area contributed by atoms with Gasteiger partial charge in [0.25, 0.3) is 0 Å². The summed E-state index contributed by atoms with van der Waals surface area (Å²) in [5.74, 6) is 1.42. The zero-order valence-corrected chi connectivity index (χ0v) is 10.0. The summed E-state index contributed by atoms with van der Waals surface area (Å²) < 4.78 is 0. The standard InChI is InChI=1S/C13H15ClN2/c1-9-8-12(9)13(16-7-6-15)10-2-4-11(14)5-3-10/h2-5,9,12-13,16H,7-8H2,1H3/t9-,12+,13+/m1/s1. The van der Waals surface area contributed by atoms with Crippen LogP contribution in [0.2, 0.25) is 5.02 Å². The van der Waals surface area contributed by atoms with Crippen LogP contribution in [0.5, 0.6) is 0 Å². The first-order valence-corrected chi connectivity index (χ1v) is 5.96. The van der Waals surface area contributed by atoms with Crippen molar-refractivity contribution >= 4 is 11.6 Å². The average molecular weight is 235 g/mol. The molecule has 2 nitrogen and oxygen atoms in total. The fourth-order valence-corrected chi connectivity index (χ4v) is 2.28. The number of rotatable bonds is 4. The molecule has 3 heteroatoms. The predicted molar refractivity (Wildman–Crippen MR) is 65.1 cm³/mol. The molecule has 0 aromatic heterocycles. The number of halogens is 1. The lowest BCUT2D eigenvalue weighted by Gasteiger charge is -2.17. The van der Waals surface area contributed by atoms with Crippen LogP contribution in [-0.4, -0.2) is 6.54 Å². The van der Waals surface area contributed by atoms with E-state index in [1.165, 1.54) is 12.0 Å². The van der Waals surface area contributed by atoms with E-state index in [1.54, 1.807) is 0 Å². The minimum atomic E-state index is 0.298. The zero-order chi connectivity index (χ0) is 11.5. The SMILES string of the molecule is C[C@@H]1C[C@@H]1[C@@H](NCC#N)c1ccc(Cl)cc1. The molecule has 1 aromatic rings. The van der Waals surface area contributed by atoms with Gasteiger partial charge in [0.15, 0.2) is 0 Å². The molecule has 1 aromatic carbocycles. The second-order valence-electron chi connectivity index (χ2n) is 4.45. The Bertz CT molecular complexity index is 393. The summed E-state index contributed by atoms with van der Waals surface area (Å²) in [5.41, 5.74) is 1.23. The molecule has 1 N–H and O–H groups in total. The first kappa shape index (κ1) is 11.4. The highest BCUT2D eigenvalue weighted by atomic mass is 35.5. The largest absolute Gasteiger partial charge is 0.297 e. The molecule has 1 saturated carbocycles. The van der Waals surface area contributed by atoms with Gasteiger partial charge < -0.3 is 0 Å². The fourth-order valence-electron chi connectivity index (χ4n) is 2.16. The maximum Gasteiger partial charge on any atom is 0.0845 e. The van der Waals surface area contributed by atoms with Gasteiger partial charge >= 0.3 is 0 Å². The minimum Gasteiger partial charge on any atom is -0.297 e. The molecule has 16 heavy (non-hydrogen) atoms. The zero-order valence-electron chi connectivity index (χ0n) is 9.28. The molecule has 0 radical (unpaired) electrons. The summed E-state index contributed by atoms with van der Waals surface area (Å²) in [5, 5.41) is 12.7. The van der Waals surface area contributed by atoms with Crippen molar-refractivity contribution in [1.29, 1.82) is 5.26 Å². The van der Waals surface area contributed by atoms with Crippen LogP contribution in [0.3, 0.4) is 0 Å². The Hall–Kier alpha value is -1.04. The Morgan fingerprint density at radius 3 is 2.62 bits per heavy atom. The van der Waals surface area contributed by atoms with Gasteiger partial charge in [-0.1, -0.05) is 30.7 Å². The van der Waals surface area contributed by atoms with Crippen LogP contribution < -0.4 is 5.32 Å². The Kier molecular flexibility index (Phi) is 3.48. The molecule has 0 spiro atoms. The highest BCUT2D eigenvalue weighted by molar-refractivity contribution is 6.30. The maximum absolute atomic E-state index is 8.64. The van der Waals surface area contributed by atoms with Crippen molar-refractivity contribution in [3.63, 3.8) is 0 Å². The number of nitrogens with one attached hydrogen (secondary N) is 1. The molecule has 3 atom stereocenters. The Morgan fingerprint density at radius 2 is 2.12 bits per heavy atom. The molecule has 0 heterocycles. The smallest absolute Gasteiger partial charge is 0.0845 e. The van der Waals surface area contributed by atoms with E-state index in [4.69, 9.17) is 16.9 Å². The lowest BCUT2D eigenvalue weighted by molar-refractivity contribution is 0.487. The molecule has 0 amide bonds. The van der Waals surface area contributed by atoms with Crippen molar-refractivity contribution in [3.8, 4) is 6.07 Å². The Labute approximate surface area is 101 Å². The molecule has 1 fully saturated rings. The first-order valence-electron chi connectivity index (χ1n) is 5.58. The van der Waals surface area contributed by atoms with Crippen LogP contribution >= 0.6 is 11.6 Å². The summed E-state index contributed by atoms with van der Waals surface area (Å²) in [7, 11) is 0. The molecular weight excluding hydrogens is 220 g/mol. The molecule has 0 saturated heterocycles. The molecule has 0 unspecified atom stereocenters. The van der Waals surface area contributed by atoms with Crippen molar-refractivity contribution in [2.75, 3.05) is 6.54 Å². The average Bonchev–Trinajstić information content (AvgIpc) is 2.99. The van der Waals surface area contributed by atoms with E-state index in [2.05, 4.69) is 18.3 Å². The number of hydrogen-bond acceptors (Lipinski definition) is 2. The Balaban J connectivity index is 2.12. The summed E-state index contributed by atoms with van der Waals surface area (Å²) in [4.78, 5) is 0. The molecular formula is C13H15ClN2. The lowest BCUT2D eigenvalue weighted by atomic mass is 10.0. The highest BCUT2D eigenvalue weighted by Crippen LogP contribution is 2.46. The molecule has 84 valence electrons. The van der Waals surface area contributed by atoms with Crippen LogP contribution in [0.1, 0.15) is 24.9 Å². The number of hydrogen-bond donors (Lipinski definition) is 1. The van der Waals surface area contributed by atoms with E-state index in [0.29, 0.717) is 18.5 Å². The topological polar surface area (TPSA) is 35.8 Å². The van der Waals surface area contributed by atoms with Gasteiger partial charge in [-0.3, -0.25) is 5.32 Å². The van der Waals surface area contributed by atoms with Crippen LogP contribution in [0.25, 0.3) is 0 Å². The second kappa shape index (κ2) is 4.86. The minimum absolute atomic E-state index is 0.298. The van der Waals surface area contributed by atoms with Crippen LogP contribution in [0, 0.1) is 23.2 Å². The normalized spacial score (nSPS) is 24.8. The van der Waals surface area contributed by atoms with Gasteiger partial charge in [0.1, 0.15) is 0 Å². The fraction of sp³-hybridized carbons (Fsp3) is 0.462. The highest BCUT2D eigenvalue weighted by Gasteiger charge is 2.39. The summed E-state index contributed by atoms with van der Waals surface area (Å²) in [6.45, 7) is 2.65. The molecule has 0 bridgehead atoms. The third-order valence-corrected chi connectivity index (χ3v) is 3.48. The van der Waals surface area contributed by atoms with Crippen LogP contribution in [0.4, 0.5) is 0 Å². The van der Waals surface area contributed by atoms with Crippen molar-refractivity contribution in [1.82, 2.24) is 5.32 Å². The number of benzene rings is 1. The lowest BCUT2D eigenvalue weighted by Crippen LogP contribution is -2.23. The maximum atomic E-state index is 8.64. The van der Waals surface area contributed by atoms with E-state index < -0.39 is 0 Å². The summed E-state index contributed by atoms with van der Waals surface area (Å²) in [6, 6.07) is 10.3. The van der Waals surface area contributed by atoms with Gasteiger partial charge in [-0.15, -0.1) is 0 Å². The van der Waals surface area contributed by atoms with Gasteiger partial charge in [0.05, 0.1) is 12.6 Å². The predicted octanol–water partition coefficient (Wildman–Crippen LogP) is 3.15. The summed E-state index contributed by atoms with van der Waals surface area (Å²) >= 11 is 5.87. The van der Waals surface area contributed by atoms with Crippen molar-refractivity contribution in [3.05, 3.63) is 34.9 Å². The molecule has 1 aliphatic carbocycles. The monoisotopic (exact) mass is 234 g/mol. The Morgan fingerprint density at radius 1 is 1.50 bits per heavy atom. The van der Waals surface area contributed by atoms with Gasteiger partial charge in [0, 0.05) is 11.1 Å². The van der Waals surface area contributed by atoms with Crippen molar-refractivity contribution in [2.24, 2.45) is 11.8 Å². The summed E-state index contributed by atoms with van der Waals surface area (Å²) in [6.07, 6.45) is 1.24. The van der Waals surface area contributed by atoms with Gasteiger partial charge in [-0.2, -0.15) is 5.26 Å². The van der Waals surface area contributed by atoms with Gasteiger partial charge in [-0.25, -0.2) is 0 Å². The van der Waals surface area contributed by atoms with Crippen LogP contribution in [-0.2, 0) is 0 Å². The van der Waals surface area contributed by atoms with Crippen molar-refractivity contribution in [2.45, 2.75) is 19.4 Å². The molecule has 2 rings (SSSR count). The van der Waals surface area contributed by atoms with Gasteiger partial charge in [0.2, 0.25) is 0 Å². The number of nitrogens with zero attached hydrogens (tertiary/aromatic N) is 1. The van der Waals surface area contributed by atoms with Crippen LogP contribution in [0.15, 0.2) is 24.3 Å². The van der Waals surface area contributed by atoms with E-state index in [-0.39, 0.29) is 0 Å². The third-order valence-electron chi connectivity index (χ3n) is 3.23. The molecule has 0 aliphatic heterocycles. The van der Waals surface area contributed by atoms with Gasteiger partial charge in [-0.05, 0) is 36.0 Å². The van der Waals surface area contributed by atoms with Crippen molar-refractivity contribution < 1.29 is 0 Å². The van der Waals surface area contributed by atoms with E-state index >= 15 is 0 Å². The first-order chi connectivity index (χ1) is 7.72. The number of nitriles is 1. The third kappa shape index (κ3) is 2.55. The van der Waals surface area contributed by atoms with E-state index in [0.717, 1.165) is 10.9 Å². The van der Waals surface area contributed by atoms with E-state index in [9.17, 15) is 0 Å².